The summed E-state index contributed by atoms with van der Waals surface area (Å²) in [6.45, 7) is 0.505. The van der Waals surface area contributed by atoms with Crippen LogP contribution in [0.5, 0.6) is 0 Å². The number of halogens is 2. The van der Waals surface area contributed by atoms with Crippen LogP contribution in [0.25, 0.3) is 0 Å². The number of hydrogen-bond donors (Lipinski definition) is 1. The topological polar surface area (TPSA) is 29.3 Å². The molecule has 0 aromatic heterocycles. The fourth-order valence-corrected chi connectivity index (χ4v) is 2.00. The van der Waals surface area contributed by atoms with Gasteiger partial charge in [-0.3, -0.25) is 0 Å². The Morgan fingerprint density at radius 1 is 1.22 bits per heavy atom. The van der Waals surface area contributed by atoms with Crippen molar-refractivity contribution in [2.45, 2.75) is 6.54 Å². The van der Waals surface area contributed by atoms with Gasteiger partial charge in [0.15, 0.2) is 0 Å². The monoisotopic (exact) mass is 264 g/mol. The van der Waals surface area contributed by atoms with Crippen molar-refractivity contribution in [1.29, 1.82) is 0 Å². The first kappa shape index (κ1) is 12.7. The maximum atomic E-state index is 13.6. The van der Waals surface area contributed by atoms with Gasteiger partial charge >= 0.3 is 0 Å². The summed E-state index contributed by atoms with van der Waals surface area (Å²) in [5.41, 5.74) is 7.79. The van der Waals surface area contributed by atoms with Gasteiger partial charge < -0.3 is 10.6 Å². The highest BCUT2D eigenvalue weighted by molar-refractivity contribution is 6.31. The van der Waals surface area contributed by atoms with Crippen molar-refractivity contribution in [1.82, 2.24) is 0 Å². The first-order valence-corrected chi connectivity index (χ1v) is 5.95. The maximum absolute atomic E-state index is 13.6. The van der Waals surface area contributed by atoms with Gasteiger partial charge in [0.2, 0.25) is 0 Å². The second-order valence-corrected chi connectivity index (χ2v) is 4.57. The lowest BCUT2D eigenvalue weighted by molar-refractivity contribution is 0.622. The zero-order chi connectivity index (χ0) is 13.1. The van der Waals surface area contributed by atoms with Crippen LogP contribution in [-0.4, -0.2) is 7.05 Å². The number of nitrogen functional groups attached to an aromatic ring is 1. The van der Waals surface area contributed by atoms with Gasteiger partial charge in [0, 0.05) is 24.3 Å². The molecular formula is C14H14ClFN2. The van der Waals surface area contributed by atoms with E-state index in [9.17, 15) is 4.39 Å². The molecule has 0 bridgehead atoms. The fourth-order valence-electron chi connectivity index (χ4n) is 1.82. The molecule has 18 heavy (non-hydrogen) atoms. The molecule has 94 valence electrons. The molecule has 0 aliphatic rings. The Labute approximate surface area is 111 Å². The van der Waals surface area contributed by atoms with Crippen LogP contribution in [-0.2, 0) is 6.54 Å². The normalized spacial score (nSPS) is 10.4. The number of rotatable bonds is 3. The molecule has 2 nitrogen and oxygen atoms in total. The van der Waals surface area contributed by atoms with E-state index < -0.39 is 0 Å². The van der Waals surface area contributed by atoms with Crippen LogP contribution >= 0.6 is 11.6 Å². The number of hydrogen-bond acceptors (Lipinski definition) is 2. The first-order valence-electron chi connectivity index (χ1n) is 5.57. The van der Waals surface area contributed by atoms with Crippen molar-refractivity contribution in [3.63, 3.8) is 0 Å². The van der Waals surface area contributed by atoms with E-state index in [2.05, 4.69) is 0 Å². The highest BCUT2D eigenvalue weighted by atomic mass is 35.5. The van der Waals surface area contributed by atoms with Gasteiger partial charge in [0.05, 0.1) is 5.69 Å². The molecule has 0 aliphatic carbocycles. The molecule has 0 saturated carbocycles. The van der Waals surface area contributed by atoms with E-state index in [-0.39, 0.29) is 5.82 Å². The van der Waals surface area contributed by atoms with Crippen molar-refractivity contribution in [2.75, 3.05) is 17.7 Å². The van der Waals surface area contributed by atoms with Crippen LogP contribution in [0.3, 0.4) is 0 Å². The van der Waals surface area contributed by atoms with Gasteiger partial charge in [-0.15, -0.1) is 0 Å². The molecule has 0 amide bonds. The molecule has 2 N–H and O–H groups in total. The van der Waals surface area contributed by atoms with Crippen LogP contribution in [0.4, 0.5) is 15.8 Å². The Hall–Kier alpha value is -1.74. The van der Waals surface area contributed by atoms with E-state index >= 15 is 0 Å². The molecule has 0 aliphatic heterocycles. The highest BCUT2D eigenvalue weighted by Crippen LogP contribution is 2.24. The average molecular weight is 265 g/mol. The van der Waals surface area contributed by atoms with Gasteiger partial charge in [0.25, 0.3) is 0 Å². The molecule has 2 aromatic carbocycles. The lowest BCUT2D eigenvalue weighted by Gasteiger charge is -2.20. The summed E-state index contributed by atoms with van der Waals surface area (Å²) in [6.07, 6.45) is 0. The Morgan fingerprint density at radius 2 is 1.94 bits per heavy atom. The Bertz CT molecular complexity index is 557. The number of nitrogens with zero attached hydrogens (tertiary/aromatic N) is 1. The molecule has 2 aromatic rings. The van der Waals surface area contributed by atoms with Gasteiger partial charge in [-0.25, -0.2) is 4.39 Å². The predicted octanol–water partition coefficient (Wildman–Crippen LogP) is 3.70. The molecular weight excluding hydrogens is 251 g/mol. The quantitative estimate of drug-likeness (QED) is 0.857. The Morgan fingerprint density at radius 3 is 2.67 bits per heavy atom. The van der Waals surface area contributed by atoms with Gasteiger partial charge in [-0.1, -0.05) is 23.7 Å². The number of anilines is 2. The number of nitrogens with two attached hydrogens (primary N) is 1. The maximum Gasteiger partial charge on any atom is 0.146 e. The second-order valence-electron chi connectivity index (χ2n) is 4.16. The van der Waals surface area contributed by atoms with E-state index in [0.29, 0.717) is 22.9 Å². The van der Waals surface area contributed by atoms with Gasteiger partial charge in [0.1, 0.15) is 5.82 Å². The number of benzene rings is 2. The third-order valence-corrected chi connectivity index (χ3v) is 3.11. The Kier molecular flexibility index (Phi) is 3.72. The van der Waals surface area contributed by atoms with Crippen molar-refractivity contribution < 1.29 is 4.39 Å². The number of para-hydroxylation sites is 1. The summed E-state index contributed by atoms with van der Waals surface area (Å²) in [6, 6.07) is 11.9. The predicted molar refractivity (Wildman–Crippen MR) is 74.4 cm³/mol. The molecule has 0 saturated heterocycles. The standard InChI is InChI=1S/C14H14ClFN2/c1-18(14-5-3-2-4-13(14)16)9-10-8-11(17)6-7-12(10)15/h2-8H,9,17H2,1H3. The van der Waals surface area contributed by atoms with Crippen molar-refractivity contribution in [3.05, 3.63) is 58.9 Å². The van der Waals surface area contributed by atoms with E-state index in [1.807, 2.05) is 7.05 Å². The van der Waals surface area contributed by atoms with Crippen LogP contribution in [0.15, 0.2) is 42.5 Å². The lowest BCUT2D eigenvalue weighted by atomic mass is 10.2. The lowest BCUT2D eigenvalue weighted by Crippen LogP contribution is -2.18. The average Bonchev–Trinajstić information content (AvgIpc) is 2.34. The van der Waals surface area contributed by atoms with Gasteiger partial charge in [-0.2, -0.15) is 0 Å². The molecule has 0 atom stereocenters. The summed E-state index contributed by atoms with van der Waals surface area (Å²) in [5.74, 6) is -0.250. The van der Waals surface area contributed by atoms with E-state index in [0.717, 1.165) is 5.56 Å². The summed E-state index contributed by atoms with van der Waals surface area (Å²) >= 11 is 6.09. The van der Waals surface area contributed by atoms with Crippen LogP contribution in [0, 0.1) is 5.82 Å². The SMILES string of the molecule is CN(Cc1cc(N)ccc1Cl)c1ccccc1F. The summed E-state index contributed by atoms with van der Waals surface area (Å²) in [4.78, 5) is 1.80. The smallest absolute Gasteiger partial charge is 0.146 e. The molecule has 2 rings (SSSR count). The first-order chi connectivity index (χ1) is 8.58. The third-order valence-electron chi connectivity index (χ3n) is 2.74. The molecule has 0 heterocycles. The van der Waals surface area contributed by atoms with Crippen molar-refractivity contribution in [2.24, 2.45) is 0 Å². The molecule has 4 heteroatoms. The summed E-state index contributed by atoms with van der Waals surface area (Å²) in [7, 11) is 1.82. The van der Waals surface area contributed by atoms with E-state index in [1.54, 1.807) is 41.3 Å². The third kappa shape index (κ3) is 2.74. The zero-order valence-corrected chi connectivity index (χ0v) is 10.8. The summed E-state index contributed by atoms with van der Waals surface area (Å²) in [5, 5.41) is 0.632. The summed E-state index contributed by atoms with van der Waals surface area (Å²) < 4.78 is 13.6. The van der Waals surface area contributed by atoms with Crippen LogP contribution in [0.1, 0.15) is 5.56 Å². The van der Waals surface area contributed by atoms with Crippen LogP contribution in [0.2, 0.25) is 5.02 Å². The van der Waals surface area contributed by atoms with Crippen molar-refractivity contribution >= 4 is 23.0 Å². The molecule has 0 radical (unpaired) electrons. The molecule has 0 fully saturated rings. The van der Waals surface area contributed by atoms with E-state index in [4.69, 9.17) is 17.3 Å². The zero-order valence-electron chi connectivity index (χ0n) is 10.0. The minimum atomic E-state index is -0.250. The minimum Gasteiger partial charge on any atom is -0.399 e. The van der Waals surface area contributed by atoms with Gasteiger partial charge in [-0.05, 0) is 35.9 Å². The molecule has 0 spiro atoms. The van der Waals surface area contributed by atoms with E-state index in [1.165, 1.54) is 6.07 Å². The largest absolute Gasteiger partial charge is 0.399 e. The van der Waals surface area contributed by atoms with Crippen LogP contribution < -0.4 is 10.6 Å². The second kappa shape index (κ2) is 5.27. The Balaban J connectivity index is 2.24. The van der Waals surface area contributed by atoms with Crippen molar-refractivity contribution in [3.8, 4) is 0 Å². The molecule has 0 unspecified atom stereocenters. The highest BCUT2D eigenvalue weighted by Gasteiger charge is 2.09. The fraction of sp³-hybridized carbons (Fsp3) is 0.143. The minimum absolute atomic E-state index is 0.250.